The highest BCUT2D eigenvalue weighted by molar-refractivity contribution is 5.09. The maximum Gasteiger partial charge on any atom is -0.0235 e. The maximum atomic E-state index is 2.28. The quantitative estimate of drug-likeness (QED) is 0.519. The third-order valence-electron chi connectivity index (χ3n) is 2.14. The van der Waals surface area contributed by atoms with E-state index in [2.05, 4.69) is 34.6 Å². The van der Waals surface area contributed by atoms with Crippen molar-refractivity contribution in [1.29, 1.82) is 0 Å². The van der Waals surface area contributed by atoms with Crippen LogP contribution in [-0.4, -0.2) is 0 Å². The summed E-state index contributed by atoms with van der Waals surface area (Å²) in [5.41, 5.74) is 3.03. The number of rotatable bonds is 2. The van der Waals surface area contributed by atoms with Crippen molar-refractivity contribution in [3.05, 3.63) is 11.1 Å². The lowest BCUT2D eigenvalue weighted by molar-refractivity contribution is 0.648. The molecule has 0 amide bonds. The SMILES string of the molecule is CC.CCC(C)C(C)=C(C)C. The molecule has 0 bridgehead atoms. The number of hydrogen-bond donors (Lipinski definition) is 0. The van der Waals surface area contributed by atoms with Gasteiger partial charge in [-0.3, -0.25) is 0 Å². The van der Waals surface area contributed by atoms with E-state index in [1.54, 1.807) is 5.57 Å². The molecule has 68 valence electrons. The van der Waals surface area contributed by atoms with Crippen LogP contribution in [0.25, 0.3) is 0 Å². The van der Waals surface area contributed by atoms with Crippen LogP contribution in [0.5, 0.6) is 0 Å². The lowest BCUT2D eigenvalue weighted by Crippen LogP contribution is -1.94. The molecule has 0 rings (SSSR count). The first-order chi connectivity index (χ1) is 5.09. The summed E-state index contributed by atoms with van der Waals surface area (Å²) < 4.78 is 0. The fourth-order valence-corrected chi connectivity index (χ4v) is 0.799. The second-order valence-electron chi connectivity index (χ2n) is 2.99. The lowest BCUT2D eigenvalue weighted by Gasteiger charge is -2.10. The van der Waals surface area contributed by atoms with E-state index >= 15 is 0 Å². The molecule has 0 heterocycles. The molecule has 0 fully saturated rings. The summed E-state index contributed by atoms with van der Waals surface area (Å²) in [6.07, 6.45) is 1.26. The molecule has 0 saturated heterocycles. The minimum Gasteiger partial charge on any atom is -0.0772 e. The molecule has 0 nitrogen and oxygen atoms in total. The molecule has 0 N–H and O–H groups in total. The second kappa shape index (κ2) is 7.84. The highest BCUT2D eigenvalue weighted by Gasteiger charge is 2.00. The molecule has 0 heteroatoms. The van der Waals surface area contributed by atoms with Crippen molar-refractivity contribution >= 4 is 0 Å². The van der Waals surface area contributed by atoms with Gasteiger partial charge >= 0.3 is 0 Å². The van der Waals surface area contributed by atoms with Crippen LogP contribution in [0.4, 0.5) is 0 Å². The second-order valence-corrected chi connectivity index (χ2v) is 2.99. The molecule has 0 saturated carbocycles. The summed E-state index contributed by atoms with van der Waals surface area (Å²) >= 11 is 0. The molecular formula is C11H24. The third kappa shape index (κ3) is 6.15. The Kier molecular flexibility index (Phi) is 9.51. The van der Waals surface area contributed by atoms with Crippen molar-refractivity contribution in [2.24, 2.45) is 5.92 Å². The first-order valence-corrected chi connectivity index (χ1v) is 4.73. The van der Waals surface area contributed by atoms with Crippen LogP contribution in [0.3, 0.4) is 0 Å². The minimum atomic E-state index is 0.773. The van der Waals surface area contributed by atoms with Gasteiger partial charge < -0.3 is 0 Å². The molecule has 0 radical (unpaired) electrons. The Morgan fingerprint density at radius 2 is 1.45 bits per heavy atom. The van der Waals surface area contributed by atoms with Gasteiger partial charge in [-0.15, -0.1) is 0 Å². The van der Waals surface area contributed by atoms with Gasteiger partial charge in [-0.2, -0.15) is 0 Å². The highest BCUT2D eigenvalue weighted by atomic mass is 14.1. The Morgan fingerprint density at radius 1 is 1.09 bits per heavy atom. The molecule has 11 heavy (non-hydrogen) atoms. The molecule has 0 aromatic carbocycles. The molecule has 0 aromatic heterocycles. The molecule has 1 atom stereocenters. The van der Waals surface area contributed by atoms with Crippen molar-refractivity contribution in [1.82, 2.24) is 0 Å². The average Bonchev–Trinajstić information content (AvgIpc) is 2.05. The van der Waals surface area contributed by atoms with Gasteiger partial charge in [0.25, 0.3) is 0 Å². The zero-order valence-electron chi connectivity index (χ0n) is 9.28. The molecule has 0 aromatic rings. The minimum absolute atomic E-state index is 0.773. The molecule has 0 aliphatic heterocycles. The van der Waals surface area contributed by atoms with Gasteiger partial charge in [0.1, 0.15) is 0 Å². The van der Waals surface area contributed by atoms with E-state index in [0.29, 0.717) is 0 Å². The van der Waals surface area contributed by atoms with Crippen LogP contribution < -0.4 is 0 Å². The van der Waals surface area contributed by atoms with E-state index in [1.807, 2.05) is 13.8 Å². The average molecular weight is 156 g/mol. The molecular weight excluding hydrogens is 132 g/mol. The third-order valence-corrected chi connectivity index (χ3v) is 2.14. The van der Waals surface area contributed by atoms with Crippen LogP contribution in [0.2, 0.25) is 0 Å². The smallest absolute Gasteiger partial charge is 0.0235 e. The van der Waals surface area contributed by atoms with Crippen molar-refractivity contribution in [3.8, 4) is 0 Å². The lowest BCUT2D eigenvalue weighted by atomic mass is 9.97. The van der Waals surface area contributed by atoms with Crippen molar-refractivity contribution in [2.45, 2.75) is 54.9 Å². The first-order valence-electron chi connectivity index (χ1n) is 4.73. The Balaban J connectivity index is 0. The van der Waals surface area contributed by atoms with E-state index in [1.165, 1.54) is 12.0 Å². The zero-order valence-corrected chi connectivity index (χ0v) is 9.28. The van der Waals surface area contributed by atoms with Gasteiger partial charge in [0, 0.05) is 0 Å². The van der Waals surface area contributed by atoms with E-state index in [9.17, 15) is 0 Å². The van der Waals surface area contributed by atoms with Gasteiger partial charge in [-0.1, -0.05) is 38.8 Å². The Hall–Kier alpha value is -0.260. The molecule has 1 unspecified atom stereocenters. The van der Waals surface area contributed by atoms with E-state index in [4.69, 9.17) is 0 Å². The Bertz CT molecular complexity index is 105. The predicted octanol–water partition coefficient (Wildman–Crippen LogP) is 4.42. The van der Waals surface area contributed by atoms with Crippen LogP contribution in [0.15, 0.2) is 11.1 Å². The van der Waals surface area contributed by atoms with Crippen LogP contribution in [0.1, 0.15) is 54.9 Å². The van der Waals surface area contributed by atoms with E-state index < -0.39 is 0 Å². The van der Waals surface area contributed by atoms with Gasteiger partial charge in [0.15, 0.2) is 0 Å². The molecule has 0 aliphatic carbocycles. The summed E-state index contributed by atoms with van der Waals surface area (Å²) in [6.45, 7) is 15.1. The standard InChI is InChI=1S/C9H18.C2H6/c1-6-8(4)9(5)7(2)3;1-2/h8H,6H2,1-5H3;1-2H3. The largest absolute Gasteiger partial charge is 0.0772 e. The monoisotopic (exact) mass is 156 g/mol. The van der Waals surface area contributed by atoms with Crippen molar-refractivity contribution in [2.75, 3.05) is 0 Å². The van der Waals surface area contributed by atoms with Crippen molar-refractivity contribution < 1.29 is 0 Å². The fraction of sp³-hybridized carbons (Fsp3) is 0.818. The van der Waals surface area contributed by atoms with Gasteiger partial charge in [-0.25, -0.2) is 0 Å². The van der Waals surface area contributed by atoms with Gasteiger partial charge in [0.05, 0.1) is 0 Å². The topological polar surface area (TPSA) is 0 Å². The number of hydrogen-bond acceptors (Lipinski definition) is 0. The van der Waals surface area contributed by atoms with E-state index in [-0.39, 0.29) is 0 Å². The summed E-state index contributed by atoms with van der Waals surface area (Å²) in [7, 11) is 0. The highest BCUT2D eigenvalue weighted by Crippen LogP contribution is 2.16. The van der Waals surface area contributed by atoms with E-state index in [0.717, 1.165) is 5.92 Å². The van der Waals surface area contributed by atoms with Crippen LogP contribution >= 0.6 is 0 Å². The molecule has 0 aliphatic rings. The Labute approximate surface area is 72.7 Å². The zero-order chi connectivity index (χ0) is 9.44. The summed E-state index contributed by atoms with van der Waals surface area (Å²) in [6, 6.07) is 0. The first kappa shape index (κ1) is 13.3. The van der Waals surface area contributed by atoms with Crippen LogP contribution in [0, 0.1) is 5.92 Å². The summed E-state index contributed by atoms with van der Waals surface area (Å²) in [5.74, 6) is 0.773. The normalized spacial score (nSPS) is 11.2. The predicted molar refractivity (Wildman–Crippen MR) is 54.9 cm³/mol. The van der Waals surface area contributed by atoms with Crippen LogP contribution in [-0.2, 0) is 0 Å². The van der Waals surface area contributed by atoms with Crippen molar-refractivity contribution in [3.63, 3.8) is 0 Å². The summed E-state index contributed by atoms with van der Waals surface area (Å²) in [4.78, 5) is 0. The number of allylic oxidation sites excluding steroid dienone is 2. The molecule has 0 spiro atoms. The van der Waals surface area contributed by atoms with Gasteiger partial charge in [0.2, 0.25) is 0 Å². The van der Waals surface area contributed by atoms with Gasteiger partial charge in [-0.05, 0) is 33.1 Å². The summed E-state index contributed by atoms with van der Waals surface area (Å²) in [5, 5.41) is 0. The fourth-order valence-electron chi connectivity index (χ4n) is 0.799. The Morgan fingerprint density at radius 3 is 1.55 bits per heavy atom. The maximum absolute atomic E-state index is 2.28.